The van der Waals surface area contributed by atoms with Crippen LogP contribution in [-0.4, -0.2) is 13.2 Å². The summed E-state index contributed by atoms with van der Waals surface area (Å²) < 4.78 is 11.4. The minimum Gasteiger partial charge on any atom is -0.493 e. The minimum absolute atomic E-state index is 0.547. The van der Waals surface area contributed by atoms with Crippen molar-refractivity contribution in [2.45, 2.75) is 6.42 Å². The molecule has 0 heterocycles. The summed E-state index contributed by atoms with van der Waals surface area (Å²) in [5.41, 5.74) is 15.0. The molecule has 0 aromatic heterocycles. The Morgan fingerprint density at radius 1 is 0.600 bits per heavy atom. The van der Waals surface area contributed by atoms with Gasteiger partial charge in [0.05, 0.1) is 13.2 Å². The minimum atomic E-state index is 0.547. The number of anilines is 2. The fraction of sp³-hybridized carbons (Fsp3) is 0.143. The molecule has 0 atom stereocenters. The molecule has 4 N–H and O–H groups in total. The zero-order valence-corrected chi connectivity index (χ0v) is 14.0. The van der Waals surface area contributed by atoms with Crippen molar-refractivity contribution in [3.8, 4) is 22.6 Å². The first-order valence-corrected chi connectivity index (χ1v) is 8.28. The summed E-state index contributed by atoms with van der Waals surface area (Å²) in [7, 11) is 0. The van der Waals surface area contributed by atoms with Gasteiger partial charge in [-0.3, -0.25) is 0 Å². The first-order chi connectivity index (χ1) is 12.2. The fourth-order valence-corrected chi connectivity index (χ4v) is 2.54. The Bertz CT molecular complexity index is 782. The van der Waals surface area contributed by atoms with Crippen molar-refractivity contribution in [2.75, 3.05) is 24.7 Å². The molecule has 0 unspecified atom stereocenters. The van der Waals surface area contributed by atoms with Crippen molar-refractivity contribution in [3.05, 3.63) is 72.8 Å². The topological polar surface area (TPSA) is 70.5 Å². The van der Waals surface area contributed by atoms with Crippen molar-refractivity contribution >= 4 is 11.4 Å². The van der Waals surface area contributed by atoms with E-state index in [1.807, 2.05) is 30.3 Å². The van der Waals surface area contributed by atoms with Crippen molar-refractivity contribution < 1.29 is 9.47 Å². The maximum Gasteiger partial charge on any atom is 0.123 e. The second-order valence-electron chi connectivity index (χ2n) is 5.78. The highest BCUT2D eigenvalue weighted by Crippen LogP contribution is 2.22. The average Bonchev–Trinajstić information content (AvgIpc) is 2.62. The van der Waals surface area contributed by atoms with Crippen LogP contribution in [0.4, 0.5) is 11.4 Å². The maximum atomic E-state index is 5.75. The summed E-state index contributed by atoms with van der Waals surface area (Å²) in [6.07, 6.45) is 0.773. The summed E-state index contributed by atoms with van der Waals surface area (Å²) in [6.45, 7) is 1.13. The molecule has 0 saturated heterocycles. The number of hydrogen-bond donors (Lipinski definition) is 2. The van der Waals surface area contributed by atoms with E-state index in [0.717, 1.165) is 12.2 Å². The van der Waals surface area contributed by atoms with Gasteiger partial charge >= 0.3 is 0 Å². The van der Waals surface area contributed by atoms with Gasteiger partial charge in [0.15, 0.2) is 0 Å². The van der Waals surface area contributed by atoms with Crippen molar-refractivity contribution in [1.82, 2.24) is 0 Å². The molecule has 0 radical (unpaired) electrons. The lowest BCUT2D eigenvalue weighted by Gasteiger charge is -2.10. The van der Waals surface area contributed by atoms with E-state index in [2.05, 4.69) is 24.3 Å². The van der Waals surface area contributed by atoms with E-state index in [-0.39, 0.29) is 0 Å². The van der Waals surface area contributed by atoms with E-state index in [1.54, 1.807) is 18.2 Å². The monoisotopic (exact) mass is 334 g/mol. The van der Waals surface area contributed by atoms with Crippen LogP contribution in [-0.2, 0) is 0 Å². The van der Waals surface area contributed by atoms with E-state index in [1.165, 1.54) is 11.1 Å². The quantitative estimate of drug-likeness (QED) is 0.497. The summed E-state index contributed by atoms with van der Waals surface area (Å²) in [4.78, 5) is 0. The highest BCUT2D eigenvalue weighted by molar-refractivity contribution is 5.63. The highest BCUT2D eigenvalue weighted by Gasteiger charge is 2.00. The summed E-state index contributed by atoms with van der Waals surface area (Å²) in [5.74, 6) is 1.54. The zero-order valence-electron chi connectivity index (χ0n) is 14.0. The largest absolute Gasteiger partial charge is 0.493 e. The van der Waals surface area contributed by atoms with Gasteiger partial charge in [0, 0.05) is 29.9 Å². The second kappa shape index (κ2) is 8.11. The average molecular weight is 334 g/mol. The lowest BCUT2D eigenvalue weighted by Crippen LogP contribution is -2.05. The van der Waals surface area contributed by atoms with Crippen molar-refractivity contribution in [3.63, 3.8) is 0 Å². The predicted octanol–water partition coefficient (Wildman–Crippen LogP) is 4.37. The lowest BCUT2D eigenvalue weighted by molar-refractivity contribution is 0.247. The van der Waals surface area contributed by atoms with Crippen LogP contribution in [0.3, 0.4) is 0 Å². The Labute approximate surface area is 148 Å². The number of benzene rings is 3. The van der Waals surface area contributed by atoms with Crippen LogP contribution >= 0.6 is 0 Å². The highest BCUT2D eigenvalue weighted by atomic mass is 16.5. The van der Waals surface area contributed by atoms with E-state index in [4.69, 9.17) is 20.9 Å². The molecule has 0 fully saturated rings. The van der Waals surface area contributed by atoms with Crippen LogP contribution in [0, 0.1) is 0 Å². The van der Waals surface area contributed by atoms with Gasteiger partial charge in [-0.25, -0.2) is 0 Å². The first kappa shape index (κ1) is 16.7. The molecular formula is C21H22N2O2. The first-order valence-electron chi connectivity index (χ1n) is 8.28. The molecule has 25 heavy (non-hydrogen) atoms. The van der Waals surface area contributed by atoms with Gasteiger partial charge in [0.25, 0.3) is 0 Å². The molecule has 128 valence electrons. The molecular weight excluding hydrogens is 312 g/mol. The van der Waals surface area contributed by atoms with Gasteiger partial charge in [-0.1, -0.05) is 42.5 Å². The molecule has 3 aromatic carbocycles. The maximum absolute atomic E-state index is 5.75. The van der Waals surface area contributed by atoms with Gasteiger partial charge in [0.1, 0.15) is 11.5 Å². The number of hydrogen-bond acceptors (Lipinski definition) is 4. The zero-order chi connectivity index (χ0) is 17.5. The summed E-state index contributed by atoms with van der Waals surface area (Å²) in [5, 5.41) is 0. The molecule has 0 saturated carbocycles. The van der Waals surface area contributed by atoms with Crippen LogP contribution < -0.4 is 20.9 Å². The van der Waals surface area contributed by atoms with Crippen LogP contribution in [0.25, 0.3) is 11.1 Å². The Morgan fingerprint density at radius 2 is 1.16 bits per heavy atom. The molecule has 0 aliphatic carbocycles. The van der Waals surface area contributed by atoms with Crippen molar-refractivity contribution in [1.29, 1.82) is 0 Å². The Morgan fingerprint density at radius 3 is 1.80 bits per heavy atom. The van der Waals surface area contributed by atoms with Crippen molar-refractivity contribution in [2.24, 2.45) is 0 Å². The normalized spacial score (nSPS) is 10.4. The molecule has 3 rings (SSSR count). The van der Waals surface area contributed by atoms with Gasteiger partial charge in [-0.05, 0) is 29.3 Å². The third-order valence-electron chi connectivity index (χ3n) is 3.74. The molecule has 0 bridgehead atoms. The predicted molar refractivity (Wildman–Crippen MR) is 103 cm³/mol. The Hall–Kier alpha value is -3.14. The van der Waals surface area contributed by atoms with Gasteiger partial charge in [0.2, 0.25) is 0 Å². The number of nitrogen functional groups attached to an aromatic ring is 2. The SMILES string of the molecule is Nc1cc(N)cc(OCCCOc2ccc(-c3ccccc3)cc2)c1. The van der Waals surface area contributed by atoms with Crippen LogP contribution in [0.15, 0.2) is 72.8 Å². The summed E-state index contributed by atoms with van der Waals surface area (Å²) in [6, 6.07) is 23.6. The third kappa shape index (κ3) is 4.91. The fourth-order valence-electron chi connectivity index (χ4n) is 2.54. The van der Waals surface area contributed by atoms with E-state index >= 15 is 0 Å². The van der Waals surface area contributed by atoms with Gasteiger partial charge in [-0.15, -0.1) is 0 Å². The molecule has 0 aliphatic rings. The van der Waals surface area contributed by atoms with E-state index in [9.17, 15) is 0 Å². The second-order valence-corrected chi connectivity index (χ2v) is 5.78. The Balaban J connectivity index is 1.43. The van der Waals surface area contributed by atoms with E-state index in [0.29, 0.717) is 30.3 Å². The molecule has 4 heteroatoms. The van der Waals surface area contributed by atoms with Gasteiger partial charge < -0.3 is 20.9 Å². The van der Waals surface area contributed by atoms with Crippen LogP contribution in [0.5, 0.6) is 11.5 Å². The summed E-state index contributed by atoms with van der Waals surface area (Å²) >= 11 is 0. The molecule has 0 spiro atoms. The smallest absolute Gasteiger partial charge is 0.123 e. The number of ether oxygens (including phenoxy) is 2. The van der Waals surface area contributed by atoms with Gasteiger partial charge in [-0.2, -0.15) is 0 Å². The standard InChI is InChI=1S/C21H22N2O2/c22-18-13-19(23)15-21(14-18)25-12-4-11-24-20-9-7-17(8-10-20)16-5-2-1-3-6-16/h1-3,5-10,13-15H,4,11-12,22-23H2. The number of nitrogens with two attached hydrogens (primary N) is 2. The van der Waals surface area contributed by atoms with Crippen LogP contribution in [0.2, 0.25) is 0 Å². The Kier molecular flexibility index (Phi) is 5.42. The van der Waals surface area contributed by atoms with E-state index < -0.39 is 0 Å². The lowest BCUT2D eigenvalue weighted by atomic mass is 10.1. The molecule has 0 amide bonds. The number of rotatable bonds is 7. The molecule has 4 nitrogen and oxygen atoms in total. The van der Waals surface area contributed by atoms with Crippen LogP contribution in [0.1, 0.15) is 6.42 Å². The third-order valence-corrected chi connectivity index (χ3v) is 3.74. The molecule has 0 aliphatic heterocycles. The molecule has 3 aromatic rings.